The molecule has 2 amide bonds. The van der Waals surface area contributed by atoms with E-state index in [-0.39, 0.29) is 55.9 Å². The van der Waals surface area contributed by atoms with E-state index in [9.17, 15) is 55.2 Å². The summed E-state index contributed by atoms with van der Waals surface area (Å²) in [6.45, 7) is 7.13. The topological polar surface area (TPSA) is 287 Å². The Hall–Kier alpha value is -9.74. The lowest BCUT2D eigenvalue weighted by atomic mass is 9.97. The van der Waals surface area contributed by atoms with Crippen LogP contribution in [0, 0.1) is 0 Å². The molecule has 0 bridgehead atoms. The molecular weight excluding hydrogens is 1080 g/mol. The molecule has 80 heavy (non-hydrogen) atoms. The molecule has 4 heterocycles. The number of benzene rings is 6. The summed E-state index contributed by atoms with van der Waals surface area (Å²) in [6.07, 6.45) is 0.431. The highest BCUT2D eigenvalue weighted by Gasteiger charge is 2.55. The van der Waals surface area contributed by atoms with Crippen LogP contribution in [0.25, 0.3) is 0 Å². The number of ether oxygens (including phenoxy) is 6. The van der Waals surface area contributed by atoms with E-state index in [4.69, 9.17) is 33.5 Å². The van der Waals surface area contributed by atoms with Crippen LogP contribution < -0.4 is 18.9 Å². The number of ketones is 3. The summed E-state index contributed by atoms with van der Waals surface area (Å²) < 4.78 is 89.9. The Labute approximate surface area is 456 Å². The molecule has 4 aliphatic heterocycles. The summed E-state index contributed by atoms with van der Waals surface area (Å²) >= 11 is 0. The van der Waals surface area contributed by atoms with Gasteiger partial charge in [-0.25, -0.2) is 39.8 Å². The number of sulfonamides is 2. The molecule has 0 fully saturated rings. The fraction of sp³-hybridized carbons (Fsp3) is 0.158. The second-order valence-corrected chi connectivity index (χ2v) is 21.5. The highest BCUT2D eigenvalue weighted by atomic mass is 32.2. The average Bonchev–Trinajstić information content (AvgIpc) is 4.31. The first kappa shape index (κ1) is 55.0. The van der Waals surface area contributed by atoms with Crippen molar-refractivity contribution in [2.75, 3.05) is 13.2 Å². The van der Waals surface area contributed by atoms with Crippen LogP contribution in [-0.2, 0) is 69.9 Å². The maximum absolute atomic E-state index is 13.7. The number of Topliss-reactive ketones (excluding diaryl/α,β-unsaturated/α-hetero) is 3. The zero-order valence-electron chi connectivity index (χ0n) is 41.9. The van der Waals surface area contributed by atoms with Crippen LogP contribution in [0.5, 0.6) is 23.0 Å². The van der Waals surface area contributed by atoms with Crippen molar-refractivity contribution >= 4 is 67.1 Å². The van der Waals surface area contributed by atoms with E-state index < -0.39 is 113 Å². The molecule has 0 aromatic heterocycles. The van der Waals surface area contributed by atoms with Gasteiger partial charge in [0.1, 0.15) is 23.0 Å². The van der Waals surface area contributed by atoms with Crippen LogP contribution in [0.15, 0.2) is 181 Å². The minimum atomic E-state index is -4.75. The van der Waals surface area contributed by atoms with Crippen molar-refractivity contribution in [1.29, 1.82) is 0 Å². The van der Waals surface area contributed by atoms with E-state index in [1.54, 1.807) is 97.1 Å². The molecule has 0 radical (unpaired) electrons. The third-order valence-electron chi connectivity index (χ3n) is 12.8. The molecule has 408 valence electrons. The lowest BCUT2D eigenvalue weighted by Gasteiger charge is -2.28. The third kappa shape index (κ3) is 9.72. The van der Waals surface area contributed by atoms with Crippen LogP contribution in [0.2, 0.25) is 0 Å². The molecule has 0 aliphatic carbocycles. The number of rotatable bonds is 18. The number of amides is 2. The minimum Gasteiger partial charge on any atom is -0.475 e. The Balaban J connectivity index is 0.000000194. The number of carboxylic acid groups (broad SMARTS) is 1. The van der Waals surface area contributed by atoms with Gasteiger partial charge in [-0.05, 0) is 12.1 Å². The van der Waals surface area contributed by atoms with Crippen molar-refractivity contribution in [2.24, 2.45) is 0 Å². The monoisotopic (exact) mass is 1120 g/mol. The Morgan fingerprint density at radius 2 is 0.825 bits per heavy atom. The number of fused-ring (bicyclic) bond motifs is 4. The van der Waals surface area contributed by atoms with Crippen LogP contribution in [0.3, 0.4) is 0 Å². The van der Waals surface area contributed by atoms with E-state index in [0.29, 0.717) is 22.3 Å². The van der Waals surface area contributed by atoms with Gasteiger partial charge in [-0.3, -0.25) is 24.0 Å². The fourth-order valence-electron chi connectivity index (χ4n) is 9.13. The van der Waals surface area contributed by atoms with Crippen molar-refractivity contribution in [3.63, 3.8) is 0 Å². The zero-order valence-corrected chi connectivity index (χ0v) is 43.5. The molecule has 2 atom stereocenters. The molecule has 6 aromatic rings. The molecule has 0 spiro atoms. The van der Waals surface area contributed by atoms with Gasteiger partial charge in [0.05, 0.1) is 17.5 Å². The number of carboxylic acids is 1. The molecule has 23 heteroatoms. The van der Waals surface area contributed by atoms with Gasteiger partial charge in [0.2, 0.25) is 11.6 Å². The van der Waals surface area contributed by atoms with Gasteiger partial charge < -0.3 is 33.5 Å². The lowest BCUT2D eigenvalue weighted by Crippen LogP contribution is -2.47. The number of aliphatic carboxylic acids is 1. The summed E-state index contributed by atoms with van der Waals surface area (Å²) in [5, 5.41) is 9.05. The first-order valence-electron chi connectivity index (χ1n) is 24.1. The summed E-state index contributed by atoms with van der Waals surface area (Å²) in [4.78, 5) is 98.5. The second-order valence-electron chi connectivity index (χ2n) is 17.9. The van der Waals surface area contributed by atoms with E-state index in [2.05, 4.69) is 13.2 Å². The standard InChI is InChI=1S/C29H23NO9S.C28H21NO10S/c1-3-14-37-28(34)22(16-23(32)18(2)31)30-27(33)21-15-24-25(17-26(21)40(30,35)36)39-29(38-24,19-10-6-4-7-11-19)20-12-8-5-9-13-20;1-2-13-37-27(34)20(15-21(30)26(32)33)29-25(31)19-14-22-23(16-24(19)40(29,35)36)39-28(38-22,17-9-5-3-6-10-17)18-11-7-4-8-12-18/h3-13,15,17,22H,1,14,16H2,2H3;2-12,14,16,20H,1,13,15H2,(H,32,33)/t22-;20-/m00/s1. The summed E-state index contributed by atoms with van der Waals surface area (Å²) in [5.74, 6) is -12.7. The smallest absolute Gasteiger partial charge is 0.372 e. The molecule has 0 saturated heterocycles. The first-order valence-corrected chi connectivity index (χ1v) is 26.9. The zero-order chi connectivity index (χ0) is 57.3. The maximum Gasteiger partial charge on any atom is 0.372 e. The highest BCUT2D eigenvalue weighted by molar-refractivity contribution is 7.90. The summed E-state index contributed by atoms with van der Waals surface area (Å²) in [6, 6.07) is 36.6. The SMILES string of the molecule is C=CCOC(=O)[C@H](CC(=O)C(=O)O)N1C(=O)c2cc3c(cc2S1(=O)=O)OC(c1ccccc1)(c1ccccc1)O3.C=CCOC(=O)[C@H](CC(=O)C(C)=O)N1C(=O)c2cc3c(cc2S1(=O)=O)OC(c1ccccc1)(c1ccccc1)O3. The van der Waals surface area contributed by atoms with Gasteiger partial charge in [-0.1, -0.05) is 147 Å². The Morgan fingerprint density at radius 3 is 1.11 bits per heavy atom. The number of hydrogen-bond donors (Lipinski definition) is 1. The van der Waals surface area contributed by atoms with E-state index in [0.717, 1.165) is 19.1 Å². The largest absolute Gasteiger partial charge is 0.475 e. The molecule has 10 rings (SSSR count). The van der Waals surface area contributed by atoms with E-state index in [1.165, 1.54) is 24.3 Å². The molecule has 21 nitrogen and oxygen atoms in total. The number of nitrogens with zero attached hydrogens (tertiary/aromatic N) is 2. The van der Waals surface area contributed by atoms with Crippen molar-refractivity contribution in [2.45, 2.75) is 53.2 Å². The first-order chi connectivity index (χ1) is 38.2. The Bertz CT molecular complexity index is 3470. The number of hydrogen-bond acceptors (Lipinski definition) is 18. The normalized spacial score (nSPS) is 16.6. The quantitative estimate of drug-likeness (QED) is 0.0605. The van der Waals surface area contributed by atoms with Crippen molar-refractivity contribution < 1.29 is 88.7 Å². The molecular formula is C57H44N2O19S2. The predicted molar refractivity (Wildman–Crippen MR) is 277 cm³/mol. The maximum atomic E-state index is 13.7. The van der Waals surface area contributed by atoms with Crippen molar-refractivity contribution in [3.05, 3.63) is 204 Å². The minimum absolute atomic E-state index is 0.0112. The van der Waals surface area contributed by atoms with Gasteiger partial charge in [0.25, 0.3) is 31.9 Å². The lowest BCUT2D eigenvalue weighted by molar-refractivity contribution is -0.152. The number of esters is 2. The Kier molecular flexibility index (Phi) is 14.9. The molecule has 6 aromatic carbocycles. The van der Waals surface area contributed by atoms with Crippen LogP contribution in [-0.4, -0.2) is 103 Å². The van der Waals surface area contributed by atoms with Gasteiger partial charge in [0.15, 0.2) is 40.9 Å². The van der Waals surface area contributed by atoms with Gasteiger partial charge in [0, 0.05) is 47.7 Å². The number of carbonyl (C=O) groups excluding carboxylic acids is 7. The fourth-order valence-corrected chi connectivity index (χ4v) is 12.5. The van der Waals surface area contributed by atoms with Crippen LogP contribution in [0.4, 0.5) is 0 Å². The molecule has 4 aliphatic rings. The second kappa shape index (κ2) is 21.6. The number of carbonyl (C=O) groups is 8. The van der Waals surface area contributed by atoms with E-state index >= 15 is 0 Å². The highest BCUT2D eigenvalue weighted by Crippen LogP contribution is 2.53. The Morgan fingerprint density at radius 1 is 0.525 bits per heavy atom. The van der Waals surface area contributed by atoms with Crippen LogP contribution >= 0.6 is 0 Å². The van der Waals surface area contributed by atoms with Crippen LogP contribution in [0.1, 0.15) is 62.7 Å². The average molecular weight is 1130 g/mol. The van der Waals surface area contributed by atoms with E-state index in [1.807, 2.05) is 24.3 Å². The summed E-state index contributed by atoms with van der Waals surface area (Å²) in [5.41, 5.74) is 1.83. The molecule has 0 unspecified atom stereocenters. The predicted octanol–water partition coefficient (Wildman–Crippen LogP) is 5.79. The van der Waals surface area contributed by atoms with Crippen molar-refractivity contribution in [3.8, 4) is 23.0 Å². The van der Waals surface area contributed by atoms with Gasteiger partial charge in [-0.15, -0.1) is 0 Å². The van der Waals surface area contributed by atoms with Gasteiger partial charge in [-0.2, -0.15) is 0 Å². The molecule has 0 saturated carbocycles. The van der Waals surface area contributed by atoms with Crippen molar-refractivity contribution in [1.82, 2.24) is 8.61 Å². The van der Waals surface area contributed by atoms with Gasteiger partial charge >= 0.3 is 29.5 Å². The molecule has 1 N–H and O–H groups in total. The summed E-state index contributed by atoms with van der Waals surface area (Å²) in [7, 11) is -9.41. The third-order valence-corrected chi connectivity index (χ3v) is 16.5.